The third-order valence-electron chi connectivity index (χ3n) is 4.03. The summed E-state index contributed by atoms with van der Waals surface area (Å²) in [5.41, 5.74) is 1.70. The zero-order valence-electron chi connectivity index (χ0n) is 8.80. The van der Waals surface area contributed by atoms with Gasteiger partial charge in [0, 0.05) is 10.6 Å². The lowest BCUT2D eigenvalue weighted by atomic mass is 9.84. The van der Waals surface area contributed by atoms with Crippen LogP contribution in [0, 0.1) is 5.92 Å². The van der Waals surface area contributed by atoms with Crippen LogP contribution in [0.4, 0.5) is 0 Å². The van der Waals surface area contributed by atoms with Gasteiger partial charge in [0.25, 0.3) is 0 Å². The van der Waals surface area contributed by atoms with Gasteiger partial charge in [-0.2, -0.15) is 0 Å². The van der Waals surface area contributed by atoms with E-state index in [0.29, 0.717) is 0 Å². The molecule has 15 heavy (non-hydrogen) atoms. The summed E-state index contributed by atoms with van der Waals surface area (Å²) in [6, 6.07) is 8.39. The highest BCUT2D eigenvalue weighted by Gasteiger charge is 2.42. The number of halogens is 1. The van der Waals surface area contributed by atoms with Crippen LogP contribution < -0.4 is 5.32 Å². The van der Waals surface area contributed by atoms with E-state index in [1.165, 1.54) is 37.8 Å². The Morgan fingerprint density at radius 1 is 1.20 bits per heavy atom. The van der Waals surface area contributed by atoms with Crippen LogP contribution in [0.5, 0.6) is 0 Å². The zero-order valence-corrected chi connectivity index (χ0v) is 9.56. The lowest BCUT2D eigenvalue weighted by molar-refractivity contribution is 0.275. The number of hydrogen-bond acceptors (Lipinski definition) is 1. The van der Waals surface area contributed by atoms with E-state index in [1.54, 1.807) is 0 Å². The van der Waals surface area contributed by atoms with Gasteiger partial charge in [0.1, 0.15) is 0 Å². The van der Waals surface area contributed by atoms with Gasteiger partial charge in [-0.3, -0.25) is 0 Å². The Kier molecular flexibility index (Phi) is 2.26. The summed E-state index contributed by atoms with van der Waals surface area (Å²) in [5.74, 6) is 0.946. The quantitative estimate of drug-likeness (QED) is 0.767. The van der Waals surface area contributed by atoms with Crippen LogP contribution >= 0.6 is 11.6 Å². The van der Waals surface area contributed by atoms with Crippen LogP contribution in [0.15, 0.2) is 24.3 Å². The molecule has 2 atom stereocenters. The fraction of sp³-hybridized carbons (Fsp3) is 0.538. The molecule has 2 unspecified atom stereocenters. The normalized spacial score (nSPS) is 34.3. The van der Waals surface area contributed by atoms with Crippen molar-refractivity contribution in [2.75, 3.05) is 6.54 Å². The molecule has 3 rings (SSSR count). The molecule has 80 valence electrons. The number of fused-ring (bicyclic) bond motifs is 2. The number of benzene rings is 1. The average Bonchev–Trinajstić information content (AvgIpc) is 2.56. The fourth-order valence-corrected chi connectivity index (χ4v) is 3.33. The second-order valence-corrected chi connectivity index (χ2v) is 5.35. The lowest BCUT2D eigenvalue weighted by Crippen LogP contribution is -2.43. The van der Waals surface area contributed by atoms with Crippen molar-refractivity contribution in [3.63, 3.8) is 0 Å². The minimum Gasteiger partial charge on any atom is -0.307 e. The molecule has 1 saturated carbocycles. The molecule has 2 heteroatoms. The van der Waals surface area contributed by atoms with E-state index >= 15 is 0 Å². The summed E-state index contributed by atoms with van der Waals surface area (Å²) in [4.78, 5) is 0. The van der Waals surface area contributed by atoms with Gasteiger partial charge >= 0.3 is 0 Å². The molecule has 2 bridgehead atoms. The van der Waals surface area contributed by atoms with Crippen LogP contribution in [-0.4, -0.2) is 6.54 Å². The molecule has 1 aliphatic heterocycles. The monoisotopic (exact) mass is 221 g/mol. The number of piperidine rings is 1. The Morgan fingerprint density at radius 3 is 2.80 bits per heavy atom. The smallest absolute Gasteiger partial charge is 0.0437 e. The molecule has 2 aliphatic rings. The van der Waals surface area contributed by atoms with Crippen LogP contribution in [0.3, 0.4) is 0 Å². The van der Waals surface area contributed by atoms with Crippen LogP contribution in [0.25, 0.3) is 0 Å². The fourth-order valence-electron chi connectivity index (χ4n) is 3.20. The Morgan fingerprint density at radius 2 is 2.00 bits per heavy atom. The summed E-state index contributed by atoms with van der Waals surface area (Å²) >= 11 is 5.93. The summed E-state index contributed by atoms with van der Waals surface area (Å²) in [7, 11) is 0. The van der Waals surface area contributed by atoms with Crippen molar-refractivity contribution in [1.29, 1.82) is 0 Å². The van der Waals surface area contributed by atoms with E-state index in [4.69, 9.17) is 11.6 Å². The molecular formula is C13H16ClN. The lowest BCUT2D eigenvalue weighted by Gasteiger charge is -2.35. The SMILES string of the molecule is Clc1ccc(C23CCC(CCN2)C3)cc1. The molecule has 1 saturated heterocycles. The molecule has 0 radical (unpaired) electrons. The van der Waals surface area contributed by atoms with Gasteiger partial charge in [0.15, 0.2) is 0 Å². The average molecular weight is 222 g/mol. The molecular weight excluding hydrogens is 206 g/mol. The van der Waals surface area contributed by atoms with Crippen LogP contribution in [-0.2, 0) is 5.54 Å². The van der Waals surface area contributed by atoms with Gasteiger partial charge in [-0.15, -0.1) is 0 Å². The Hall–Kier alpha value is -0.530. The Labute approximate surface area is 95.8 Å². The highest BCUT2D eigenvalue weighted by molar-refractivity contribution is 6.30. The first kappa shape index (κ1) is 9.68. The highest BCUT2D eigenvalue weighted by atomic mass is 35.5. The predicted octanol–water partition coefficient (Wildman–Crippen LogP) is 3.33. The van der Waals surface area contributed by atoms with E-state index in [1.807, 2.05) is 12.1 Å². The van der Waals surface area contributed by atoms with Crippen LogP contribution in [0.1, 0.15) is 31.2 Å². The van der Waals surface area contributed by atoms with Crippen molar-refractivity contribution in [3.8, 4) is 0 Å². The first-order valence-corrected chi connectivity index (χ1v) is 6.17. The van der Waals surface area contributed by atoms with Crippen molar-refractivity contribution in [1.82, 2.24) is 5.32 Å². The summed E-state index contributed by atoms with van der Waals surface area (Å²) in [5, 5.41) is 4.55. The largest absolute Gasteiger partial charge is 0.307 e. The van der Waals surface area contributed by atoms with E-state index in [2.05, 4.69) is 17.4 Å². The topological polar surface area (TPSA) is 12.0 Å². The molecule has 1 aromatic carbocycles. The van der Waals surface area contributed by atoms with E-state index in [9.17, 15) is 0 Å². The second kappa shape index (κ2) is 3.50. The van der Waals surface area contributed by atoms with E-state index in [-0.39, 0.29) is 5.54 Å². The van der Waals surface area contributed by atoms with E-state index < -0.39 is 0 Å². The van der Waals surface area contributed by atoms with Gasteiger partial charge in [-0.05, 0) is 55.8 Å². The molecule has 2 fully saturated rings. The molecule has 1 nitrogen and oxygen atoms in total. The molecule has 0 amide bonds. The molecule has 1 aromatic rings. The van der Waals surface area contributed by atoms with Gasteiger partial charge < -0.3 is 5.32 Å². The summed E-state index contributed by atoms with van der Waals surface area (Å²) in [6.45, 7) is 1.17. The molecule has 1 aliphatic carbocycles. The number of hydrogen-bond donors (Lipinski definition) is 1. The maximum absolute atomic E-state index is 5.93. The first-order chi connectivity index (χ1) is 7.28. The minimum absolute atomic E-state index is 0.271. The summed E-state index contributed by atoms with van der Waals surface area (Å²) < 4.78 is 0. The van der Waals surface area contributed by atoms with Gasteiger partial charge in [0.2, 0.25) is 0 Å². The third kappa shape index (κ3) is 1.58. The Balaban J connectivity index is 1.95. The van der Waals surface area contributed by atoms with Crippen LogP contribution in [0.2, 0.25) is 5.02 Å². The van der Waals surface area contributed by atoms with Crippen molar-refractivity contribution in [2.45, 2.75) is 31.2 Å². The summed E-state index contributed by atoms with van der Waals surface area (Å²) in [6.07, 6.45) is 5.35. The second-order valence-electron chi connectivity index (χ2n) is 4.91. The molecule has 0 aromatic heterocycles. The number of rotatable bonds is 1. The number of nitrogens with one attached hydrogen (secondary N) is 1. The van der Waals surface area contributed by atoms with Crippen molar-refractivity contribution in [2.24, 2.45) is 5.92 Å². The highest BCUT2D eigenvalue weighted by Crippen LogP contribution is 2.46. The maximum Gasteiger partial charge on any atom is 0.0437 e. The van der Waals surface area contributed by atoms with Crippen molar-refractivity contribution < 1.29 is 0 Å². The minimum atomic E-state index is 0.271. The van der Waals surface area contributed by atoms with Gasteiger partial charge in [-0.1, -0.05) is 23.7 Å². The molecule has 1 heterocycles. The van der Waals surface area contributed by atoms with Gasteiger partial charge in [0.05, 0.1) is 0 Å². The van der Waals surface area contributed by atoms with E-state index in [0.717, 1.165) is 10.9 Å². The predicted molar refractivity (Wildman–Crippen MR) is 63.1 cm³/mol. The van der Waals surface area contributed by atoms with Gasteiger partial charge in [-0.25, -0.2) is 0 Å². The standard InChI is InChI=1S/C13H16ClN/c14-12-3-1-11(2-4-12)13-7-5-10(9-13)6-8-15-13/h1-4,10,15H,5-9H2. The van der Waals surface area contributed by atoms with Crippen molar-refractivity contribution >= 4 is 11.6 Å². The first-order valence-electron chi connectivity index (χ1n) is 5.80. The zero-order chi connectivity index (χ0) is 10.3. The Bertz CT molecular complexity index is 355. The molecule has 0 spiro atoms. The molecule has 1 N–H and O–H groups in total. The van der Waals surface area contributed by atoms with Crippen molar-refractivity contribution in [3.05, 3.63) is 34.9 Å². The third-order valence-corrected chi connectivity index (χ3v) is 4.28. The maximum atomic E-state index is 5.93.